The number of carbonyl (C=O) groups is 2. The van der Waals surface area contributed by atoms with E-state index in [2.05, 4.69) is 17.6 Å². The van der Waals surface area contributed by atoms with Crippen molar-refractivity contribution >= 4 is 11.8 Å². The molecule has 1 fully saturated rings. The van der Waals surface area contributed by atoms with Gasteiger partial charge in [-0.3, -0.25) is 9.59 Å². The van der Waals surface area contributed by atoms with E-state index in [9.17, 15) is 9.59 Å². The Labute approximate surface area is 147 Å². The van der Waals surface area contributed by atoms with Gasteiger partial charge >= 0.3 is 0 Å². The zero-order valence-electron chi connectivity index (χ0n) is 14.7. The molecule has 3 rings (SSSR count). The van der Waals surface area contributed by atoms with Crippen molar-refractivity contribution in [2.24, 2.45) is 5.92 Å². The van der Waals surface area contributed by atoms with Crippen LogP contribution in [0, 0.1) is 5.92 Å². The Morgan fingerprint density at radius 1 is 1.24 bits per heavy atom. The minimum Gasteiger partial charge on any atom is -0.466 e. The Hall–Kier alpha value is -2.56. The molecule has 1 aromatic carbocycles. The van der Waals surface area contributed by atoms with Gasteiger partial charge in [0.15, 0.2) is 0 Å². The second kappa shape index (κ2) is 7.55. The minimum absolute atomic E-state index is 0.0249. The second-order valence-electron chi connectivity index (χ2n) is 6.68. The Morgan fingerprint density at radius 3 is 2.76 bits per heavy atom. The largest absolute Gasteiger partial charge is 0.466 e. The molecule has 1 saturated carbocycles. The van der Waals surface area contributed by atoms with E-state index in [-0.39, 0.29) is 11.8 Å². The molecule has 2 amide bonds. The van der Waals surface area contributed by atoms with Crippen molar-refractivity contribution in [1.29, 1.82) is 0 Å². The molecule has 5 nitrogen and oxygen atoms in total. The SMILES string of the molecule is CNC(=O)c1cccc(CNC(=O)CCc2ccc([C@@H]3C[C@@H]3C)o2)c1. The van der Waals surface area contributed by atoms with Crippen molar-refractivity contribution in [3.05, 3.63) is 59.0 Å². The highest BCUT2D eigenvalue weighted by atomic mass is 16.3. The third-order valence-electron chi connectivity index (χ3n) is 4.66. The van der Waals surface area contributed by atoms with Gasteiger partial charge in [-0.15, -0.1) is 0 Å². The summed E-state index contributed by atoms with van der Waals surface area (Å²) in [6.07, 6.45) is 2.19. The summed E-state index contributed by atoms with van der Waals surface area (Å²) in [7, 11) is 1.60. The molecule has 0 saturated heterocycles. The first-order chi connectivity index (χ1) is 12.1. The van der Waals surface area contributed by atoms with Gasteiger partial charge in [0.1, 0.15) is 11.5 Å². The zero-order chi connectivity index (χ0) is 17.8. The van der Waals surface area contributed by atoms with Crippen LogP contribution < -0.4 is 10.6 Å². The van der Waals surface area contributed by atoms with Crippen LogP contribution in [0.3, 0.4) is 0 Å². The number of furan rings is 1. The number of nitrogens with one attached hydrogen (secondary N) is 2. The molecule has 1 aromatic heterocycles. The van der Waals surface area contributed by atoms with E-state index in [1.807, 2.05) is 24.3 Å². The molecule has 132 valence electrons. The molecule has 0 aliphatic heterocycles. The van der Waals surface area contributed by atoms with Gasteiger partial charge < -0.3 is 15.1 Å². The molecule has 2 atom stereocenters. The third kappa shape index (κ3) is 4.50. The number of hydrogen-bond acceptors (Lipinski definition) is 3. The average molecular weight is 340 g/mol. The van der Waals surface area contributed by atoms with Gasteiger partial charge in [-0.2, -0.15) is 0 Å². The van der Waals surface area contributed by atoms with E-state index in [1.54, 1.807) is 19.2 Å². The Kier molecular flexibility index (Phi) is 5.22. The lowest BCUT2D eigenvalue weighted by Gasteiger charge is -2.06. The summed E-state index contributed by atoms with van der Waals surface area (Å²) in [6, 6.07) is 11.2. The van der Waals surface area contributed by atoms with Crippen molar-refractivity contribution in [3.63, 3.8) is 0 Å². The first kappa shape index (κ1) is 17.3. The van der Waals surface area contributed by atoms with Crippen molar-refractivity contribution in [2.45, 2.75) is 38.6 Å². The number of benzene rings is 1. The molecular weight excluding hydrogens is 316 g/mol. The normalized spacial score (nSPS) is 18.6. The van der Waals surface area contributed by atoms with Crippen LogP contribution in [-0.4, -0.2) is 18.9 Å². The second-order valence-corrected chi connectivity index (χ2v) is 6.68. The van der Waals surface area contributed by atoms with E-state index < -0.39 is 0 Å². The summed E-state index contributed by atoms with van der Waals surface area (Å²) in [5.74, 6) is 3.04. The maximum absolute atomic E-state index is 12.0. The fourth-order valence-corrected chi connectivity index (χ4v) is 2.94. The van der Waals surface area contributed by atoms with Crippen LogP contribution in [-0.2, 0) is 17.8 Å². The van der Waals surface area contributed by atoms with Crippen molar-refractivity contribution < 1.29 is 14.0 Å². The predicted octanol–water partition coefficient (Wildman–Crippen LogP) is 3.01. The number of aryl methyl sites for hydroxylation is 1. The number of rotatable bonds is 7. The van der Waals surface area contributed by atoms with Crippen LogP contribution in [0.2, 0.25) is 0 Å². The molecule has 5 heteroatoms. The fourth-order valence-electron chi connectivity index (χ4n) is 2.94. The zero-order valence-corrected chi connectivity index (χ0v) is 14.7. The lowest BCUT2D eigenvalue weighted by molar-refractivity contribution is -0.121. The Morgan fingerprint density at radius 2 is 2.04 bits per heavy atom. The van der Waals surface area contributed by atoms with Gasteiger partial charge in [0.2, 0.25) is 5.91 Å². The molecule has 1 heterocycles. The van der Waals surface area contributed by atoms with Gasteiger partial charge in [-0.1, -0.05) is 19.1 Å². The summed E-state index contributed by atoms with van der Waals surface area (Å²) < 4.78 is 5.82. The minimum atomic E-state index is -0.133. The number of carbonyl (C=O) groups excluding carboxylic acids is 2. The lowest BCUT2D eigenvalue weighted by Crippen LogP contribution is -2.23. The molecule has 1 aliphatic carbocycles. The first-order valence-corrected chi connectivity index (χ1v) is 8.73. The Bertz CT molecular complexity index is 766. The van der Waals surface area contributed by atoms with E-state index in [0.717, 1.165) is 17.1 Å². The summed E-state index contributed by atoms with van der Waals surface area (Å²) in [5, 5.41) is 5.48. The van der Waals surface area contributed by atoms with Crippen LogP contribution >= 0.6 is 0 Å². The maximum atomic E-state index is 12.0. The summed E-state index contributed by atoms with van der Waals surface area (Å²) in [5.41, 5.74) is 1.49. The van der Waals surface area contributed by atoms with E-state index in [0.29, 0.717) is 36.8 Å². The first-order valence-electron chi connectivity index (χ1n) is 8.73. The molecule has 1 aliphatic rings. The van der Waals surface area contributed by atoms with Gasteiger partial charge in [-0.05, 0) is 42.2 Å². The molecule has 0 radical (unpaired) electrons. The molecule has 0 unspecified atom stereocenters. The quantitative estimate of drug-likeness (QED) is 0.814. The summed E-state index contributed by atoms with van der Waals surface area (Å²) >= 11 is 0. The molecule has 2 N–H and O–H groups in total. The number of hydrogen-bond donors (Lipinski definition) is 2. The van der Waals surface area contributed by atoms with Crippen LogP contribution in [0.5, 0.6) is 0 Å². The third-order valence-corrected chi connectivity index (χ3v) is 4.66. The topological polar surface area (TPSA) is 71.3 Å². The van der Waals surface area contributed by atoms with E-state index in [1.165, 1.54) is 6.42 Å². The van der Waals surface area contributed by atoms with Crippen molar-refractivity contribution in [3.8, 4) is 0 Å². The lowest BCUT2D eigenvalue weighted by atomic mass is 10.1. The monoisotopic (exact) mass is 340 g/mol. The smallest absolute Gasteiger partial charge is 0.251 e. The Balaban J connectivity index is 1.45. The van der Waals surface area contributed by atoms with Crippen molar-refractivity contribution in [2.75, 3.05) is 7.05 Å². The van der Waals surface area contributed by atoms with Gasteiger partial charge in [0, 0.05) is 37.9 Å². The van der Waals surface area contributed by atoms with Crippen LogP contribution in [0.4, 0.5) is 0 Å². The molecule has 2 aromatic rings. The van der Waals surface area contributed by atoms with Crippen LogP contribution in [0.1, 0.15) is 53.1 Å². The van der Waals surface area contributed by atoms with E-state index >= 15 is 0 Å². The average Bonchev–Trinajstić information content (AvgIpc) is 3.18. The molecule has 0 bridgehead atoms. The maximum Gasteiger partial charge on any atom is 0.251 e. The molecule has 0 spiro atoms. The predicted molar refractivity (Wildman–Crippen MR) is 95.2 cm³/mol. The van der Waals surface area contributed by atoms with Crippen LogP contribution in [0.25, 0.3) is 0 Å². The number of amides is 2. The van der Waals surface area contributed by atoms with E-state index in [4.69, 9.17) is 4.42 Å². The highest BCUT2D eigenvalue weighted by Gasteiger charge is 2.36. The fraction of sp³-hybridized carbons (Fsp3) is 0.400. The summed E-state index contributed by atoms with van der Waals surface area (Å²) in [4.78, 5) is 23.7. The highest BCUT2D eigenvalue weighted by Crippen LogP contribution is 2.47. The highest BCUT2D eigenvalue weighted by molar-refractivity contribution is 5.94. The van der Waals surface area contributed by atoms with Gasteiger partial charge in [0.25, 0.3) is 5.91 Å². The standard InChI is InChI=1S/C20H24N2O3/c1-13-10-17(13)18-8-6-16(25-18)7-9-19(23)22-12-14-4-3-5-15(11-14)20(24)21-2/h3-6,8,11,13,17H,7,9-10,12H2,1-2H3,(H,21,24)(H,22,23)/t13-,17+/m0/s1. The molecule has 25 heavy (non-hydrogen) atoms. The van der Waals surface area contributed by atoms with Gasteiger partial charge in [-0.25, -0.2) is 0 Å². The van der Waals surface area contributed by atoms with Crippen LogP contribution in [0.15, 0.2) is 40.8 Å². The van der Waals surface area contributed by atoms with Gasteiger partial charge in [0.05, 0.1) is 0 Å². The molecular formula is C20H24N2O3. The van der Waals surface area contributed by atoms with Crippen molar-refractivity contribution in [1.82, 2.24) is 10.6 Å². The summed E-state index contributed by atoms with van der Waals surface area (Å²) in [6.45, 7) is 2.63.